The molecule has 1 aliphatic rings. The van der Waals surface area contributed by atoms with E-state index in [4.69, 9.17) is 0 Å². The first-order valence-electron chi connectivity index (χ1n) is 2.64. The minimum absolute atomic E-state index is 0.389. The largest absolute Gasteiger partial charge is 0.300 e. The predicted molar refractivity (Wildman–Crippen MR) is 27.7 cm³/mol. The van der Waals surface area contributed by atoms with E-state index in [-0.39, 0.29) is 0 Å². The second-order valence-corrected chi connectivity index (χ2v) is 2.15. The molecule has 38 valence electrons. The Bertz CT molecular complexity index is 86.2. The lowest BCUT2D eigenvalue weighted by Gasteiger charge is -1.80. The van der Waals surface area contributed by atoms with Crippen molar-refractivity contribution in [2.75, 3.05) is 0 Å². The fourth-order valence-corrected chi connectivity index (χ4v) is 0.891. The standard InChI is InChI=1S/C6H9O/c1-5-2-3-6(7)4-5/h5H,1-4H2/q+1. The van der Waals surface area contributed by atoms with Crippen LogP contribution in [0.4, 0.5) is 0 Å². The lowest BCUT2D eigenvalue weighted by molar-refractivity contribution is -0.117. The van der Waals surface area contributed by atoms with Gasteiger partial charge in [0, 0.05) is 12.8 Å². The summed E-state index contributed by atoms with van der Waals surface area (Å²) in [6, 6.07) is 0. The van der Waals surface area contributed by atoms with Gasteiger partial charge in [-0.1, -0.05) is 0 Å². The van der Waals surface area contributed by atoms with Crippen LogP contribution in [0.3, 0.4) is 0 Å². The third-order valence-corrected chi connectivity index (χ3v) is 1.35. The molecule has 0 N–H and O–H groups in total. The Morgan fingerprint density at radius 1 is 1.71 bits per heavy atom. The van der Waals surface area contributed by atoms with E-state index in [0.29, 0.717) is 11.7 Å². The van der Waals surface area contributed by atoms with E-state index in [1.807, 2.05) is 0 Å². The van der Waals surface area contributed by atoms with E-state index in [2.05, 4.69) is 6.92 Å². The first kappa shape index (κ1) is 4.69. The molecule has 0 spiro atoms. The molecule has 0 saturated heterocycles. The zero-order valence-electron chi connectivity index (χ0n) is 4.31. The van der Waals surface area contributed by atoms with Crippen LogP contribution >= 0.6 is 0 Å². The molecule has 1 rings (SSSR count). The van der Waals surface area contributed by atoms with Gasteiger partial charge in [-0.2, -0.15) is 0 Å². The van der Waals surface area contributed by atoms with Crippen molar-refractivity contribution in [2.45, 2.75) is 19.3 Å². The van der Waals surface area contributed by atoms with E-state index in [9.17, 15) is 4.79 Å². The molecular formula is C6H9O+. The summed E-state index contributed by atoms with van der Waals surface area (Å²) < 4.78 is 0. The topological polar surface area (TPSA) is 17.1 Å². The van der Waals surface area contributed by atoms with Crippen LogP contribution in [0, 0.1) is 12.8 Å². The lowest BCUT2D eigenvalue weighted by atomic mass is 10.1. The van der Waals surface area contributed by atoms with Gasteiger partial charge < -0.3 is 0 Å². The lowest BCUT2D eigenvalue weighted by Crippen LogP contribution is -1.87. The zero-order valence-corrected chi connectivity index (χ0v) is 4.31. The number of rotatable bonds is 0. The van der Waals surface area contributed by atoms with Gasteiger partial charge in [-0.25, -0.2) is 0 Å². The van der Waals surface area contributed by atoms with E-state index >= 15 is 0 Å². The Balaban J connectivity index is 2.40. The minimum Gasteiger partial charge on any atom is -0.300 e. The molecule has 0 heterocycles. The van der Waals surface area contributed by atoms with Gasteiger partial charge in [0.1, 0.15) is 11.7 Å². The number of Topliss-reactive ketones (excluding diaryl/α,β-unsaturated/α-hetero) is 1. The normalized spacial score (nSPS) is 31.4. The molecule has 0 aliphatic heterocycles. The smallest absolute Gasteiger partial charge is 0.137 e. The van der Waals surface area contributed by atoms with Crippen molar-refractivity contribution in [1.82, 2.24) is 0 Å². The average Bonchev–Trinajstić information content (AvgIpc) is 1.87. The third-order valence-electron chi connectivity index (χ3n) is 1.35. The van der Waals surface area contributed by atoms with Crippen LogP contribution in [0.25, 0.3) is 0 Å². The van der Waals surface area contributed by atoms with Gasteiger partial charge in [0.2, 0.25) is 0 Å². The number of ketones is 1. The van der Waals surface area contributed by atoms with Crippen molar-refractivity contribution in [3.05, 3.63) is 6.92 Å². The fourth-order valence-electron chi connectivity index (χ4n) is 0.891. The summed E-state index contributed by atoms with van der Waals surface area (Å²) in [5.74, 6) is 0.812. The number of carbonyl (C=O) groups excluding carboxylic acids is 1. The monoisotopic (exact) mass is 97.1 g/mol. The van der Waals surface area contributed by atoms with Gasteiger partial charge in [0.25, 0.3) is 0 Å². The summed E-state index contributed by atoms with van der Waals surface area (Å²) >= 11 is 0. The quantitative estimate of drug-likeness (QED) is 0.415. The van der Waals surface area contributed by atoms with Crippen LogP contribution < -0.4 is 0 Å². The summed E-state index contributed by atoms with van der Waals surface area (Å²) in [7, 11) is 0. The molecule has 0 aromatic heterocycles. The van der Waals surface area contributed by atoms with Crippen LogP contribution in [-0.4, -0.2) is 5.78 Å². The third kappa shape index (κ3) is 0.952. The number of hydrogen-bond acceptors (Lipinski definition) is 1. The van der Waals surface area contributed by atoms with Gasteiger partial charge in [0.05, 0.1) is 6.92 Å². The van der Waals surface area contributed by atoms with Crippen molar-refractivity contribution < 1.29 is 4.79 Å². The molecule has 1 nitrogen and oxygen atoms in total. The van der Waals surface area contributed by atoms with E-state index < -0.39 is 0 Å². The maximum atomic E-state index is 10.4. The molecule has 0 radical (unpaired) electrons. The summed E-state index contributed by atoms with van der Waals surface area (Å²) in [5.41, 5.74) is 0. The maximum Gasteiger partial charge on any atom is 0.137 e. The van der Waals surface area contributed by atoms with E-state index in [1.54, 1.807) is 0 Å². The fraction of sp³-hybridized carbons (Fsp3) is 0.667. The predicted octanol–water partition coefficient (Wildman–Crippen LogP) is 1.19. The average molecular weight is 97.1 g/mol. The maximum absolute atomic E-state index is 10.4. The summed E-state index contributed by atoms with van der Waals surface area (Å²) in [4.78, 5) is 10.4. The molecule has 0 amide bonds. The van der Waals surface area contributed by atoms with Crippen LogP contribution in [0.5, 0.6) is 0 Å². The van der Waals surface area contributed by atoms with Gasteiger partial charge in [-0.05, 0) is 6.42 Å². The zero-order chi connectivity index (χ0) is 5.28. The van der Waals surface area contributed by atoms with Crippen LogP contribution in [0.15, 0.2) is 0 Å². The highest BCUT2D eigenvalue weighted by atomic mass is 16.1. The molecule has 0 aromatic rings. The van der Waals surface area contributed by atoms with Crippen molar-refractivity contribution in [3.63, 3.8) is 0 Å². The number of hydrogen-bond donors (Lipinski definition) is 0. The Labute approximate surface area is 43.7 Å². The molecule has 1 aliphatic carbocycles. The van der Waals surface area contributed by atoms with E-state index in [0.717, 1.165) is 19.3 Å². The van der Waals surface area contributed by atoms with Crippen LogP contribution in [-0.2, 0) is 4.79 Å². The highest BCUT2D eigenvalue weighted by molar-refractivity contribution is 5.80. The van der Waals surface area contributed by atoms with E-state index in [1.165, 1.54) is 0 Å². The SMILES string of the molecule is [CH2+]C1CCC(=O)C1. The molecule has 7 heavy (non-hydrogen) atoms. The first-order chi connectivity index (χ1) is 3.29. The van der Waals surface area contributed by atoms with Crippen molar-refractivity contribution in [1.29, 1.82) is 0 Å². The number of carbonyl (C=O) groups is 1. The Morgan fingerprint density at radius 2 is 2.43 bits per heavy atom. The van der Waals surface area contributed by atoms with Gasteiger partial charge in [-0.15, -0.1) is 0 Å². The molecule has 1 fully saturated rings. The summed E-state index contributed by atoms with van der Waals surface area (Å²) in [5, 5.41) is 0. The molecular weight excluding hydrogens is 88.1 g/mol. The van der Waals surface area contributed by atoms with Crippen molar-refractivity contribution in [2.24, 2.45) is 5.92 Å². The van der Waals surface area contributed by atoms with Crippen molar-refractivity contribution >= 4 is 5.78 Å². The molecule has 1 saturated carbocycles. The minimum atomic E-state index is 0.389. The molecule has 1 heteroatoms. The molecule has 1 unspecified atom stereocenters. The Hall–Kier alpha value is -0.460. The van der Waals surface area contributed by atoms with Gasteiger partial charge >= 0.3 is 0 Å². The summed E-state index contributed by atoms with van der Waals surface area (Å²) in [6.07, 6.45) is 2.51. The molecule has 0 bridgehead atoms. The summed E-state index contributed by atoms with van der Waals surface area (Å²) in [6.45, 7) is 3.77. The Morgan fingerprint density at radius 3 is 2.57 bits per heavy atom. The van der Waals surface area contributed by atoms with Crippen LogP contribution in [0.2, 0.25) is 0 Å². The Kier molecular flexibility index (Phi) is 1.05. The highest BCUT2D eigenvalue weighted by Gasteiger charge is 2.22. The van der Waals surface area contributed by atoms with Crippen LogP contribution in [0.1, 0.15) is 19.3 Å². The van der Waals surface area contributed by atoms with Gasteiger partial charge in [0.15, 0.2) is 0 Å². The molecule has 1 atom stereocenters. The second kappa shape index (κ2) is 1.57. The van der Waals surface area contributed by atoms with Crippen molar-refractivity contribution in [3.8, 4) is 0 Å². The second-order valence-electron chi connectivity index (χ2n) is 2.15. The highest BCUT2D eigenvalue weighted by Crippen LogP contribution is 2.19. The first-order valence-corrected chi connectivity index (χ1v) is 2.64. The van der Waals surface area contributed by atoms with Gasteiger partial charge in [-0.3, -0.25) is 4.79 Å². The molecule has 0 aromatic carbocycles.